The highest BCUT2D eigenvalue weighted by molar-refractivity contribution is 7.89. The van der Waals surface area contributed by atoms with Gasteiger partial charge in [0.25, 0.3) is 0 Å². The second kappa shape index (κ2) is 6.46. The van der Waals surface area contributed by atoms with Crippen molar-refractivity contribution in [1.82, 2.24) is 4.72 Å². The zero-order valence-electron chi connectivity index (χ0n) is 13.8. The van der Waals surface area contributed by atoms with Crippen LogP contribution in [0.2, 0.25) is 5.02 Å². The summed E-state index contributed by atoms with van der Waals surface area (Å²) in [5.74, 6) is 0.291. The normalized spacial score (nSPS) is 14.6. The molecule has 0 aliphatic rings. The number of nitrogens with one attached hydrogen (secondary N) is 1. The zero-order valence-corrected chi connectivity index (χ0v) is 15.4. The predicted octanol–water partition coefficient (Wildman–Crippen LogP) is 3.58. The largest absolute Gasteiger partial charge is 0.458 e. The fourth-order valence-electron chi connectivity index (χ4n) is 2.53. The maximum Gasteiger partial charge on any atom is 0.240 e. The third-order valence-electron chi connectivity index (χ3n) is 4.07. The lowest BCUT2D eigenvalue weighted by Crippen LogP contribution is -2.38. The van der Waals surface area contributed by atoms with E-state index in [0.29, 0.717) is 21.9 Å². The molecule has 0 amide bonds. The van der Waals surface area contributed by atoms with Crippen molar-refractivity contribution < 1.29 is 17.9 Å². The van der Waals surface area contributed by atoms with Gasteiger partial charge < -0.3 is 9.52 Å². The maximum absolute atomic E-state index is 12.5. The van der Waals surface area contributed by atoms with Crippen molar-refractivity contribution in [3.63, 3.8) is 0 Å². The number of aliphatic hydroxyl groups is 1. The molecule has 0 spiro atoms. The Balaban J connectivity index is 1.84. The van der Waals surface area contributed by atoms with E-state index in [1.54, 1.807) is 31.2 Å². The molecular weight excluding hydrogens is 362 g/mol. The molecule has 7 heteroatoms. The number of hydrogen-bond acceptors (Lipinski definition) is 4. The van der Waals surface area contributed by atoms with E-state index >= 15 is 0 Å². The summed E-state index contributed by atoms with van der Waals surface area (Å²) in [6.45, 7) is 2.90. The van der Waals surface area contributed by atoms with Crippen LogP contribution in [-0.4, -0.2) is 20.1 Å². The fourth-order valence-corrected chi connectivity index (χ4v) is 4.15. The Morgan fingerprint density at radius 1 is 1.20 bits per heavy atom. The number of furan rings is 1. The lowest BCUT2D eigenvalue weighted by atomic mass is 10.0. The van der Waals surface area contributed by atoms with Gasteiger partial charge in [-0.15, -0.1) is 0 Å². The molecule has 1 aromatic heterocycles. The van der Waals surface area contributed by atoms with Gasteiger partial charge in [0.15, 0.2) is 0 Å². The molecule has 0 aliphatic carbocycles. The average molecular weight is 380 g/mol. The van der Waals surface area contributed by atoms with E-state index < -0.39 is 15.6 Å². The molecule has 3 rings (SSSR count). The summed E-state index contributed by atoms with van der Waals surface area (Å²) in [5, 5.41) is 11.9. The van der Waals surface area contributed by atoms with Gasteiger partial charge in [0.2, 0.25) is 10.0 Å². The van der Waals surface area contributed by atoms with Crippen LogP contribution in [0.5, 0.6) is 0 Å². The van der Waals surface area contributed by atoms with E-state index in [0.717, 1.165) is 5.39 Å². The van der Waals surface area contributed by atoms with Crippen LogP contribution >= 0.6 is 11.6 Å². The Bertz CT molecular complexity index is 991. The quantitative estimate of drug-likeness (QED) is 0.710. The van der Waals surface area contributed by atoms with E-state index in [9.17, 15) is 13.5 Å². The molecular formula is C18H18ClNO4S. The van der Waals surface area contributed by atoms with Gasteiger partial charge >= 0.3 is 0 Å². The fraction of sp³-hybridized carbons (Fsp3) is 0.222. The Morgan fingerprint density at radius 2 is 1.92 bits per heavy atom. The number of hydrogen-bond donors (Lipinski definition) is 2. The van der Waals surface area contributed by atoms with E-state index in [2.05, 4.69) is 4.72 Å². The van der Waals surface area contributed by atoms with Gasteiger partial charge in [-0.2, -0.15) is 0 Å². The first-order chi connectivity index (χ1) is 11.7. The standard InChI is InChI=1S/C18H18ClNO4S/c1-12-14(19)7-5-9-16(12)25(22,23)20-11-18(2,21)17-10-13-6-3-4-8-15(13)24-17/h3-10,20-21H,11H2,1-2H3. The van der Waals surface area contributed by atoms with Crippen molar-refractivity contribution in [3.8, 4) is 0 Å². The third-order valence-corrected chi connectivity index (χ3v) is 6.03. The van der Waals surface area contributed by atoms with Crippen LogP contribution < -0.4 is 4.72 Å². The Morgan fingerprint density at radius 3 is 2.64 bits per heavy atom. The molecule has 0 bridgehead atoms. The molecule has 2 aromatic carbocycles. The first-order valence-electron chi connectivity index (χ1n) is 7.67. The highest BCUT2D eigenvalue weighted by Gasteiger charge is 2.30. The van der Waals surface area contributed by atoms with Gasteiger partial charge in [-0.3, -0.25) is 0 Å². The number of halogens is 1. The number of sulfonamides is 1. The second-order valence-corrected chi connectivity index (χ2v) is 8.25. The lowest BCUT2D eigenvalue weighted by Gasteiger charge is -2.21. The summed E-state index contributed by atoms with van der Waals surface area (Å²) in [4.78, 5) is 0.0837. The Labute approximate surface area is 151 Å². The van der Waals surface area contributed by atoms with E-state index in [4.69, 9.17) is 16.0 Å². The molecule has 2 N–H and O–H groups in total. The van der Waals surface area contributed by atoms with Crippen LogP contribution in [0.15, 0.2) is 57.8 Å². The average Bonchev–Trinajstić information content (AvgIpc) is 3.01. The third kappa shape index (κ3) is 3.57. The van der Waals surface area contributed by atoms with Crippen molar-refractivity contribution >= 4 is 32.6 Å². The topological polar surface area (TPSA) is 79.5 Å². The van der Waals surface area contributed by atoms with E-state index in [1.165, 1.54) is 13.0 Å². The highest BCUT2D eigenvalue weighted by Crippen LogP contribution is 2.28. The van der Waals surface area contributed by atoms with Crippen LogP contribution in [0.3, 0.4) is 0 Å². The molecule has 0 saturated heterocycles. The summed E-state index contributed by atoms with van der Waals surface area (Å²) in [5.41, 5.74) is -0.412. The molecule has 5 nitrogen and oxygen atoms in total. The van der Waals surface area contributed by atoms with Gasteiger partial charge in [-0.1, -0.05) is 35.9 Å². The van der Waals surface area contributed by atoms with E-state index in [1.807, 2.05) is 18.2 Å². The molecule has 0 radical (unpaired) electrons. The molecule has 1 unspecified atom stereocenters. The lowest BCUT2D eigenvalue weighted by molar-refractivity contribution is 0.0412. The summed E-state index contributed by atoms with van der Waals surface area (Å²) < 4.78 is 33.2. The van der Waals surface area contributed by atoms with Crippen LogP contribution in [0, 0.1) is 6.92 Å². The van der Waals surface area contributed by atoms with Crippen LogP contribution in [-0.2, 0) is 15.6 Å². The number of rotatable bonds is 5. The minimum Gasteiger partial charge on any atom is -0.458 e. The minimum atomic E-state index is -3.82. The monoisotopic (exact) mass is 379 g/mol. The summed E-state index contributed by atoms with van der Waals surface area (Å²) in [6, 6.07) is 13.7. The van der Waals surface area contributed by atoms with Gasteiger partial charge in [-0.05, 0) is 43.7 Å². The van der Waals surface area contributed by atoms with Crippen molar-refractivity contribution in [1.29, 1.82) is 0 Å². The van der Waals surface area contributed by atoms with Crippen LogP contribution in [0.4, 0.5) is 0 Å². The number of benzene rings is 2. The Kier molecular flexibility index (Phi) is 4.64. The first kappa shape index (κ1) is 17.9. The number of para-hydroxylation sites is 1. The SMILES string of the molecule is Cc1c(Cl)cccc1S(=O)(=O)NCC(C)(O)c1cc2ccccc2o1. The van der Waals surface area contributed by atoms with Crippen molar-refractivity contribution in [3.05, 3.63) is 64.9 Å². The van der Waals surface area contributed by atoms with Crippen LogP contribution in [0.1, 0.15) is 18.2 Å². The minimum absolute atomic E-state index is 0.0837. The molecule has 25 heavy (non-hydrogen) atoms. The smallest absolute Gasteiger partial charge is 0.240 e. The van der Waals surface area contributed by atoms with Gasteiger partial charge in [0.05, 0.1) is 4.90 Å². The van der Waals surface area contributed by atoms with Crippen molar-refractivity contribution in [2.24, 2.45) is 0 Å². The molecule has 132 valence electrons. The molecule has 0 saturated carbocycles. The molecule has 1 atom stereocenters. The van der Waals surface area contributed by atoms with Gasteiger partial charge in [0, 0.05) is 17.0 Å². The second-order valence-electron chi connectivity index (χ2n) is 6.11. The van der Waals surface area contributed by atoms with Crippen molar-refractivity contribution in [2.75, 3.05) is 6.54 Å². The number of fused-ring (bicyclic) bond motifs is 1. The Hall–Kier alpha value is -1.86. The maximum atomic E-state index is 12.5. The predicted molar refractivity (Wildman–Crippen MR) is 97.2 cm³/mol. The molecule has 1 heterocycles. The summed E-state index contributed by atoms with van der Waals surface area (Å²) in [7, 11) is -3.82. The summed E-state index contributed by atoms with van der Waals surface area (Å²) in [6.07, 6.45) is 0. The molecule has 3 aromatic rings. The van der Waals surface area contributed by atoms with E-state index in [-0.39, 0.29) is 11.4 Å². The van der Waals surface area contributed by atoms with Gasteiger partial charge in [-0.25, -0.2) is 13.1 Å². The zero-order chi connectivity index (χ0) is 18.2. The van der Waals surface area contributed by atoms with Crippen LogP contribution in [0.25, 0.3) is 11.0 Å². The first-order valence-corrected chi connectivity index (χ1v) is 9.53. The van der Waals surface area contributed by atoms with Gasteiger partial charge in [0.1, 0.15) is 16.9 Å². The molecule has 0 fully saturated rings. The van der Waals surface area contributed by atoms with Crippen molar-refractivity contribution in [2.45, 2.75) is 24.3 Å². The molecule has 0 aliphatic heterocycles. The summed E-state index contributed by atoms with van der Waals surface area (Å²) >= 11 is 5.99. The highest BCUT2D eigenvalue weighted by atomic mass is 35.5.